The first-order valence-corrected chi connectivity index (χ1v) is 9.04. The van der Waals surface area contributed by atoms with Gasteiger partial charge in [0.25, 0.3) is 0 Å². The van der Waals surface area contributed by atoms with Crippen LogP contribution in [0.25, 0.3) is 11.3 Å². The summed E-state index contributed by atoms with van der Waals surface area (Å²) in [4.78, 5) is 16.4. The van der Waals surface area contributed by atoms with Crippen LogP contribution in [0.2, 0.25) is 10.0 Å². The predicted octanol–water partition coefficient (Wildman–Crippen LogP) is 5.07. The summed E-state index contributed by atoms with van der Waals surface area (Å²) in [5, 5.41) is 3.65. The number of benzene rings is 2. The van der Waals surface area contributed by atoms with Gasteiger partial charge in [0.1, 0.15) is 12.3 Å². The maximum atomic E-state index is 12.2. The molecule has 0 saturated heterocycles. The van der Waals surface area contributed by atoms with E-state index < -0.39 is 6.36 Å². The lowest BCUT2D eigenvalue weighted by molar-refractivity contribution is -0.274. The largest absolute Gasteiger partial charge is 0.573 e. The second-order valence-electron chi connectivity index (χ2n) is 6.02. The topological polar surface area (TPSA) is 56.2 Å². The second kappa shape index (κ2) is 8.75. The Morgan fingerprint density at radius 3 is 2.52 bits per heavy atom. The van der Waals surface area contributed by atoms with Crippen molar-refractivity contribution in [2.75, 3.05) is 0 Å². The molecule has 0 aliphatic heterocycles. The van der Waals surface area contributed by atoms with E-state index in [1.807, 2.05) is 0 Å². The Kier molecular flexibility index (Phi) is 6.34. The zero-order valence-corrected chi connectivity index (χ0v) is 16.2. The van der Waals surface area contributed by atoms with Crippen molar-refractivity contribution in [1.29, 1.82) is 0 Å². The number of alkyl halides is 3. The molecule has 3 aromatic rings. The molecule has 0 radical (unpaired) electrons. The number of ether oxygens (including phenoxy) is 1. The molecule has 3 rings (SSSR count). The maximum Gasteiger partial charge on any atom is 0.573 e. The highest BCUT2D eigenvalue weighted by atomic mass is 35.5. The van der Waals surface area contributed by atoms with Crippen molar-refractivity contribution < 1.29 is 22.7 Å². The van der Waals surface area contributed by atoms with Crippen molar-refractivity contribution in [3.05, 3.63) is 70.6 Å². The molecule has 1 amide bonds. The first kappa shape index (κ1) is 21.0. The van der Waals surface area contributed by atoms with Crippen LogP contribution in [-0.4, -0.2) is 21.8 Å². The summed E-state index contributed by atoms with van der Waals surface area (Å²) in [6, 6.07) is 10.3. The second-order valence-corrected chi connectivity index (χ2v) is 6.87. The van der Waals surface area contributed by atoms with Gasteiger partial charge >= 0.3 is 6.36 Å². The summed E-state index contributed by atoms with van der Waals surface area (Å²) in [5.74, 6) is -0.605. The van der Waals surface area contributed by atoms with E-state index in [4.69, 9.17) is 23.2 Å². The van der Waals surface area contributed by atoms with Crippen LogP contribution < -0.4 is 10.1 Å². The Hall–Kier alpha value is -2.71. The molecule has 0 unspecified atom stereocenters. The number of rotatable bonds is 6. The molecule has 0 bridgehead atoms. The first-order chi connectivity index (χ1) is 13.7. The molecule has 10 heteroatoms. The lowest BCUT2D eigenvalue weighted by atomic mass is 10.2. The number of hydrogen-bond donors (Lipinski definition) is 1. The molecule has 2 aromatic carbocycles. The van der Waals surface area contributed by atoms with Gasteiger partial charge in [0.2, 0.25) is 5.91 Å². The van der Waals surface area contributed by atoms with E-state index >= 15 is 0 Å². The average molecular weight is 444 g/mol. The fourth-order valence-corrected chi connectivity index (χ4v) is 3.02. The third-order valence-corrected chi connectivity index (χ3v) is 4.36. The molecule has 1 aromatic heterocycles. The summed E-state index contributed by atoms with van der Waals surface area (Å²) in [7, 11) is 0. The third kappa shape index (κ3) is 6.13. The Balaban J connectivity index is 1.54. The molecule has 1 N–H and O–H groups in total. The molecule has 0 aliphatic rings. The van der Waals surface area contributed by atoms with E-state index in [2.05, 4.69) is 15.0 Å². The van der Waals surface area contributed by atoms with Gasteiger partial charge in [-0.15, -0.1) is 13.2 Å². The van der Waals surface area contributed by atoms with Crippen molar-refractivity contribution in [3.8, 4) is 17.0 Å². The molecular formula is C19H14Cl2F3N3O2. The Bertz CT molecular complexity index is 1000. The standard InChI is InChI=1S/C19H14Cl2F3N3O2/c20-13-3-6-15(16(21)7-13)17-9-27(11-26-17)10-18(28)25-8-12-1-4-14(5-2-12)29-19(22,23)24/h1-7,9,11H,8,10H2,(H,25,28). The van der Waals surface area contributed by atoms with Crippen LogP contribution in [-0.2, 0) is 17.9 Å². The highest BCUT2D eigenvalue weighted by Gasteiger charge is 2.30. The van der Waals surface area contributed by atoms with Gasteiger partial charge in [0.15, 0.2) is 0 Å². The van der Waals surface area contributed by atoms with Crippen LogP contribution in [0.4, 0.5) is 13.2 Å². The summed E-state index contributed by atoms with van der Waals surface area (Å²) in [6.45, 7) is 0.184. The number of nitrogens with zero attached hydrogens (tertiary/aromatic N) is 2. The zero-order chi connectivity index (χ0) is 21.0. The molecule has 29 heavy (non-hydrogen) atoms. The molecule has 0 fully saturated rings. The first-order valence-electron chi connectivity index (χ1n) is 8.28. The quantitative estimate of drug-likeness (QED) is 0.578. The maximum absolute atomic E-state index is 12.2. The number of hydrogen-bond acceptors (Lipinski definition) is 3. The van der Waals surface area contributed by atoms with E-state index in [0.29, 0.717) is 26.9 Å². The van der Waals surface area contributed by atoms with Gasteiger partial charge in [-0.2, -0.15) is 0 Å². The van der Waals surface area contributed by atoms with Crippen LogP contribution >= 0.6 is 23.2 Å². The Labute approximate surface area is 174 Å². The van der Waals surface area contributed by atoms with Gasteiger partial charge in [-0.25, -0.2) is 4.98 Å². The van der Waals surface area contributed by atoms with E-state index in [1.165, 1.54) is 30.6 Å². The molecule has 0 saturated carbocycles. The molecule has 0 atom stereocenters. The van der Waals surface area contributed by atoms with E-state index in [-0.39, 0.29) is 24.7 Å². The summed E-state index contributed by atoms with van der Waals surface area (Å²) < 4.78 is 41.9. The average Bonchev–Trinajstić information content (AvgIpc) is 3.08. The number of imidazole rings is 1. The SMILES string of the molecule is O=C(Cn1cnc(-c2ccc(Cl)cc2Cl)c1)NCc1ccc(OC(F)(F)F)cc1. The van der Waals surface area contributed by atoms with Crippen molar-refractivity contribution in [1.82, 2.24) is 14.9 Å². The minimum Gasteiger partial charge on any atom is -0.406 e. The summed E-state index contributed by atoms with van der Waals surface area (Å²) in [6.07, 6.45) is -1.56. The third-order valence-electron chi connectivity index (χ3n) is 3.81. The van der Waals surface area contributed by atoms with Crippen molar-refractivity contribution in [2.24, 2.45) is 0 Å². The number of halogens is 5. The number of aromatic nitrogens is 2. The minimum atomic E-state index is -4.74. The van der Waals surface area contributed by atoms with Gasteiger partial charge in [0, 0.05) is 23.3 Å². The van der Waals surface area contributed by atoms with Gasteiger partial charge < -0.3 is 14.6 Å². The number of amides is 1. The van der Waals surface area contributed by atoms with E-state index in [1.54, 1.807) is 29.0 Å². The summed E-state index contributed by atoms with van der Waals surface area (Å²) >= 11 is 12.0. The predicted molar refractivity (Wildman–Crippen MR) is 103 cm³/mol. The van der Waals surface area contributed by atoms with Crippen molar-refractivity contribution >= 4 is 29.1 Å². The van der Waals surface area contributed by atoms with Crippen LogP contribution in [0.5, 0.6) is 5.75 Å². The summed E-state index contributed by atoms with van der Waals surface area (Å²) in [5.41, 5.74) is 1.92. The fraction of sp³-hybridized carbons (Fsp3) is 0.158. The van der Waals surface area contributed by atoms with Crippen LogP contribution in [0.1, 0.15) is 5.56 Å². The van der Waals surface area contributed by atoms with Crippen molar-refractivity contribution in [3.63, 3.8) is 0 Å². The highest BCUT2D eigenvalue weighted by molar-refractivity contribution is 6.36. The monoisotopic (exact) mass is 443 g/mol. The smallest absolute Gasteiger partial charge is 0.406 e. The Morgan fingerprint density at radius 2 is 1.86 bits per heavy atom. The van der Waals surface area contributed by atoms with Crippen molar-refractivity contribution in [2.45, 2.75) is 19.5 Å². The molecule has 152 valence electrons. The van der Waals surface area contributed by atoms with Gasteiger partial charge in [0.05, 0.1) is 17.0 Å². The van der Waals surface area contributed by atoms with Crippen LogP contribution in [0, 0.1) is 0 Å². The zero-order valence-electron chi connectivity index (χ0n) is 14.7. The number of carbonyl (C=O) groups excluding carboxylic acids is 1. The molecule has 0 spiro atoms. The lowest BCUT2D eigenvalue weighted by Crippen LogP contribution is -2.26. The lowest BCUT2D eigenvalue weighted by Gasteiger charge is -2.10. The fourth-order valence-electron chi connectivity index (χ4n) is 2.51. The van der Waals surface area contributed by atoms with Gasteiger partial charge in [-0.1, -0.05) is 35.3 Å². The van der Waals surface area contributed by atoms with E-state index in [9.17, 15) is 18.0 Å². The highest BCUT2D eigenvalue weighted by Crippen LogP contribution is 2.29. The molecule has 0 aliphatic carbocycles. The van der Waals surface area contributed by atoms with Crippen LogP contribution in [0.3, 0.4) is 0 Å². The molecular weight excluding hydrogens is 430 g/mol. The van der Waals surface area contributed by atoms with Gasteiger partial charge in [-0.05, 0) is 35.9 Å². The molecule has 5 nitrogen and oxygen atoms in total. The van der Waals surface area contributed by atoms with Crippen LogP contribution in [0.15, 0.2) is 55.0 Å². The van der Waals surface area contributed by atoms with E-state index in [0.717, 1.165) is 0 Å². The Morgan fingerprint density at radius 1 is 1.14 bits per heavy atom. The number of nitrogens with one attached hydrogen (secondary N) is 1. The normalized spacial score (nSPS) is 11.3. The minimum absolute atomic E-state index is 0.0213. The molecule has 1 heterocycles. The number of carbonyl (C=O) groups is 1. The van der Waals surface area contributed by atoms with Gasteiger partial charge in [-0.3, -0.25) is 4.79 Å².